The van der Waals surface area contributed by atoms with Crippen LogP contribution in [0.3, 0.4) is 0 Å². The predicted molar refractivity (Wildman–Crippen MR) is 123 cm³/mol. The molecule has 3 atom stereocenters. The highest BCUT2D eigenvalue weighted by atomic mass is 19.4. The van der Waals surface area contributed by atoms with E-state index >= 15 is 0 Å². The molecule has 5 rings (SSSR count). The van der Waals surface area contributed by atoms with Gasteiger partial charge in [-0.2, -0.15) is 13.2 Å². The third kappa shape index (κ3) is 4.81. The maximum atomic E-state index is 13.1. The van der Waals surface area contributed by atoms with Crippen molar-refractivity contribution in [1.29, 1.82) is 0 Å². The Kier molecular flexibility index (Phi) is 6.33. The topological polar surface area (TPSA) is 60.1 Å². The first kappa shape index (κ1) is 23.5. The number of benzene rings is 2. The van der Waals surface area contributed by atoms with E-state index in [2.05, 4.69) is 17.8 Å². The standard InChI is InChI=1S/C25H28F3N5O2/c1-2-3-13-35-20-9-7-18(8-10-20)21-15-22-23-30-33(24(34)31(23)11-12-32(22)29-21)16-17-5-4-6-19(14-17)25(26,27)28/h4-12,14,21-23,29-30H,2-3,13,15-16H2,1H3. The Bertz CT molecular complexity index is 1090. The Morgan fingerprint density at radius 3 is 2.63 bits per heavy atom. The van der Waals surface area contributed by atoms with Crippen molar-refractivity contribution in [3.8, 4) is 5.75 Å². The molecule has 3 heterocycles. The molecule has 7 nitrogen and oxygen atoms in total. The lowest BCUT2D eigenvalue weighted by Gasteiger charge is -2.34. The van der Waals surface area contributed by atoms with Gasteiger partial charge < -0.3 is 9.75 Å². The summed E-state index contributed by atoms with van der Waals surface area (Å²) in [5, 5.41) is 3.37. The van der Waals surface area contributed by atoms with Crippen LogP contribution >= 0.6 is 0 Å². The number of alkyl halides is 3. The number of amides is 2. The van der Waals surface area contributed by atoms with Crippen LogP contribution in [0.5, 0.6) is 5.75 Å². The molecule has 2 aromatic rings. The SMILES string of the molecule is CCCCOc1ccc(C2CC3C4NN(Cc5cccc(C(F)(F)F)c5)C(=O)N4C=CN3N2)cc1. The number of nitrogens with zero attached hydrogens (tertiary/aromatic N) is 3. The number of urea groups is 1. The zero-order valence-corrected chi connectivity index (χ0v) is 19.3. The number of rotatable bonds is 7. The van der Waals surface area contributed by atoms with Crippen molar-refractivity contribution in [3.05, 3.63) is 77.6 Å². The van der Waals surface area contributed by atoms with Crippen LogP contribution in [0.25, 0.3) is 0 Å². The Balaban J connectivity index is 1.25. The Labute approximate surface area is 202 Å². The molecule has 3 aliphatic heterocycles. The van der Waals surface area contributed by atoms with Gasteiger partial charge in [0.05, 0.1) is 30.8 Å². The first-order valence-corrected chi connectivity index (χ1v) is 11.8. The molecule has 0 spiro atoms. The second-order valence-corrected chi connectivity index (χ2v) is 9.01. The number of nitrogens with one attached hydrogen (secondary N) is 2. The Morgan fingerprint density at radius 1 is 1.09 bits per heavy atom. The maximum Gasteiger partial charge on any atom is 0.416 e. The molecule has 3 aliphatic rings. The number of hydrazine groups is 2. The summed E-state index contributed by atoms with van der Waals surface area (Å²) in [6.07, 6.45) is 1.62. The lowest BCUT2D eigenvalue weighted by Crippen LogP contribution is -2.53. The van der Waals surface area contributed by atoms with Gasteiger partial charge in [-0.25, -0.2) is 15.6 Å². The number of halogens is 3. The first-order valence-electron chi connectivity index (χ1n) is 11.8. The largest absolute Gasteiger partial charge is 0.494 e. The van der Waals surface area contributed by atoms with E-state index in [1.165, 1.54) is 11.1 Å². The van der Waals surface area contributed by atoms with E-state index < -0.39 is 11.7 Å². The number of unbranched alkanes of at least 4 members (excludes halogenated alkanes) is 1. The van der Waals surface area contributed by atoms with Crippen LogP contribution in [0.1, 0.15) is 48.9 Å². The minimum absolute atomic E-state index is 0.0344. The van der Waals surface area contributed by atoms with E-state index in [9.17, 15) is 18.0 Å². The van der Waals surface area contributed by atoms with Gasteiger partial charge in [0.1, 0.15) is 11.9 Å². The summed E-state index contributed by atoms with van der Waals surface area (Å²) in [4.78, 5) is 14.6. The average molecular weight is 488 g/mol. The molecule has 2 amide bonds. The quantitative estimate of drug-likeness (QED) is 0.552. The zero-order valence-electron chi connectivity index (χ0n) is 19.3. The van der Waals surface area contributed by atoms with Gasteiger partial charge in [0.2, 0.25) is 0 Å². The lowest BCUT2D eigenvalue weighted by molar-refractivity contribution is -0.137. The molecule has 2 fully saturated rings. The highest BCUT2D eigenvalue weighted by Gasteiger charge is 2.48. The zero-order chi connectivity index (χ0) is 24.6. The molecule has 35 heavy (non-hydrogen) atoms. The Hall–Kier alpha value is -3.24. The van der Waals surface area contributed by atoms with Crippen LogP contribution in [0.4, 0.5) is 18.0 Å². The number of hydrogen-bond acceptors (Lipinski definition) is 5. The Morgan fingerprint density at radius 2 is 1.89 bits per heavy atom. The molecule has 0 aliphatic carbocycles. The smallest absolute Gasteiger partial charge is 0.416 e. The van der Waals surface area contributed by atoms with E-state index in [4.69, 9.17) is 4.74 Å². The molecule has 0 bridgehead atoms. The number of carbonyl (C=O) groups is 1. The number of fused-ring (bicyclic) bond motifs is 3. The van der Waals surface area contributed by atoms with Crippen LogP contribution in [0.2, 0.25) is 0 Å². The van der Waals surface area contributed by atoms with Crippen molar-refractivity contribution in [3.63, 3.8) is 0 Å². The van der Waals surface area contributed by atoms with Crippen molar-refractivity contribution in [2.45, 2.75) is 57.2 Å². The minimum atomic E-state index is -4.43. The van der Waals surface area contributed by atoms with Crippen LogP contribution < -0.4 is 15.6 Å². The molecule has 2 aromatic carbocycles. The second kappa shape index (κ2) is 9.43. The van der Waals surface area contributed by atoms with Gasteiger partial charge in [-0.05, 0) is 48.2 Å². The molecule has 186 valence electrons. The third-order valence-corrected chi connectivity index (χ3v) is 6.58. The number of carbonyl (C=O) groups excluding carboxylic acids is 1. The normalized spacial score (nSPS) is 23.6. The van der Waals surface area contributed by atoms with E-state index in [1.807, 2.05) is 35.5 Å². The summed E-state index contributed by atoms with van der Waals surface area (Å²) < 4.78 is 45.0. The molecule has 0 saturated carbocycles. The summed E-state index contributed by atoms with van der Waals surface area (Å²) >= 11 is 0. The van der Waals surface area contributed by atoms with Gasteiger partial charge in [0.15, 0.2) is 0 Å². The maximum absolute atomic E-state index is 13.1. The highest BCUT2D eigenvalue weighted by molar-refractivity contribution is 5.77. The summed E-state index contributed by atoms with van der Waals surface area (Å²) in [5.41, 5.74) is 7.49. The van der Waals surface area contributed by atoms with Gasteiger partial charge in [0.25, 0.3) is 0 Å². The molecule has 0 radical (unpaired) electrons. The van der Waals surface area contributed by atoms with Crippen molar-refractivity contribution in [1.82, 2.24) is 25.8 Å². The summed E-state index contributed by atoms with van der Waals surface area (Å²) in [6.45, 7) is 2.86. The molecule has 2 N–H and O–H groups in total. The molecule has 10 heteroatoms. The van der Waals surface area contributed by atoms with Gasteiger partial charge in [-0.3, -0.25) is 9.91 Å². The molecule has 0 aromatic heterocycles. The highest BCUT2D eigenvalue weighted by Crippen LogP contribution is 2.36. The van der Waals surface area contributed by atoms with E-state index in [1.54, 1.807) is 17.2 Å². The van der Waals surface area contributed by atoms with Gasteiger partial charge in [0, 0.05) is 12.4 Å². The molecular formula is C25H28F3N5O2. The van der Waals surface area contributed by atoms with Crippen molar-refractivity contribution in [2.75, 3.05) is 6.61 Å². The molecule has 3 unspecified atom stereocenters. The van der Waals surface area contributed by atoms with E-state index in [-0.39, 0.29) is 30.8 Å². The van der Waals surface area contributed by atoms with E-state index in [0.29, 0.717) is 12.2 Å². The fourth-order valence-corrected chi connectivity index (χ4v) is 4.71. The van der Waals surface area contributed by atoms with Crippen molar-refractivity contribution in [2.24, 2.45) is 0 Å². The second-order valence-electron chi connectivity index (χ2n) is 9.01. The van der Waals surface area contributed by atoms with Crippen LogP contribution in [0.15, 0.2) is 60.9 Å². The number of ether oxygens (including phenoxy) is 1. The average Bonchev–Trinajstić information content (AvgIpc) is 3.41. The van der Waals surface area contributed by atoms with Gasteiger partial charge in [-0.1, -0.05) is 37.6 Å². The minimum Gasteiger partial charge on any atom is -0.494 e. The summed E-state index contributed by atoms with van der Waals surface area (Å²) in [5.74, 6) is 0.845. The number of hydrogen-bond donors (Lipinski definition) is 2. The molecule has 2 saturated heterocycles. The lowest BCUT2D eigenvalue weighted by atomic mass is 10.00. The van der Waals surface area contributed by atoms with Crippen molar-refractivity contribution >= 4 is 6.03 Å². The fraction of sp³-hybridized carbons (Fsp3) is 0.400. The van der Waals surface area contributed by atoms with Gasteiger partial charge in [-0.15, -0.1) is 0 Å². The van der Waals surface area contributed by atoms with Gasteiger partial charge >= 0.3 is 12.2 Å². The summed E-state index contributed by atoms with van der Waals surface area (Å²) in [7, 11) is 0. The van der Waals surface area contributed by atoms with Crippen LogP contribution in [-0.2, 0) is 12.7 Å². The predicted octanol–water partition coefficient (Wildman–Crippen LogP) is 4.76. The van der Waals surface area contributed by atoms with Crippen molar-refractivity contribution < 1.29 is 22.7 Å². The van der Waals surface area contributed by atoms with E-state index in [0.717, 1.165) is 42.7 Å². The van der Waals surface area contributed by atoms with Crippen LogP contribution in [-0.4, -0.2) is 39.8 Å². The third-order valence-electron chi connectivity index (χ3n) is 6.58. The monoisotopic (exact) mass is 487 g/mol. The summed E-state index contributed by atoms with van der Waals surface area (Å²) in [6, 6.07) is 12.8. The first-order chi connectivity index (χ1) is 16.8. The molecular weight excluding hydrogens is 459 g/mol. The fourth-order valence-electron chi connectivity index (χ4n) is 4.71. The van der Waals surface area contributed by atoms with Crippen LogP contribution in [0, 0.1) is 0 Å².